The minimum Gasteiger partial charge on any atom is -0.490 e. The second-order valence-corrected chi connectivity index (χ2v) is 11.6. The molecule has 6 rings (SSSR count). The lowest BCUT2D eigenvalue weighted by molar-refractivity contribution is -0.139. The molecule has 0 saturated carbocycles. The van der Waals surface area contributed by atoms with E-state index < -0.39 is 12.0 Å². The SMILES string of the molecule is C=CCOc1ccc([C@H]2C(C(=O)OCC)=C(C)N=c3s/c(=C\c4cn(CC(=O)Nc5ccccc5)c5ccccc45)c(=O)n32)cc1. The maximum Gasteiger partial charge on any atom is 0.338 e. The summed E-state index contributed by atoms with van der Waals surface area (Å²) in [5.74, 6) is -0.0455. The summed E-state index contributed by atoms with van der Waals surface area (Å²) in [5, 5.41) is 3.83. The highest BCUT2D eigenvalue weighted by Gasteiger charge is 2.33. The van der Waals surface area contributed by atoms with Crippen molar-refractivity contribution in [3.05, 3.63) is 140 Å². The van der Waals surface area contributed by atoms with E-state index in [0.717, 1.165) is 27.7 Å². The van der Waals surface area contributed by atoms with Crippen LogP contribution in [0.4, 0.5) is 5.69 Å². The van der Waals surface area contributed by atoms with Gasteiger partial charge in [0.05, 0.1) is 28.5 Å². The van der Waals surface area contributed by atoms with E-state index in [-0.39, 0.29) is 24.6 Å². The fourth-order valence-corrected chi connectivity index (χ4v) is 6.58. The van der Waals surface area contributed by atoms with E-state index in [1.165, 1.54) is 11.3 Å². The van der Waals surface area contributed by atoms with E-state index in [4.69, 9.17) is 9.47 Å². The number of anilines is 1. The first-order valence-corrected chi connectivity index (χ1v) is 15.7. The summed E-state index contributed by atoms with van der Waals surface area (Å²) >= 11 is 1.25. The Morgan fingerprint density at radius 2 is 1.78 bits per heavy atom. The number of allylic oxidation sites excluding steroid dienone is 1. The molecule has 3 aromatic carbocycles. The molecule has 0 aliphatic carbocycles. The van der Waals surface area contributed by atoms with Crippen LogP contribution in [0.25, 0.3) is 17.0 Å². The molecule has 1 amide bonds. The Morgan fingerprint density at radius 1 is 1.04 bits per heavy atom. The number of aromatic nitrogens is 2. The lowest BCUT2D eigenvalue weighted by Crippen LogP contribution is -2.39. The molecule has 1 N–H and O–H groups in total. The molecule has 232 valence electrons. The van der Waals surface area contributed by atoms with Crippen molar-refractivity contribution in [2.75, 3.05) is 18.5 Å². The van der Waals surface area contributed by atoms with Crippen molar-refractivity contribution >= 4 is 45.9 Å². The number of esters is 1. The highest BCUT2D eigenvalue weighted by Crippen LogP contribution is 2.32. The third-order valence-corrected chi connectivity index (χ3v) is 8.54. The molecular weight excluding hydrogens is 600 g/mol. The molecule has 0 radical (unpaired) electrons. The second kappa shape index (κ2) is 13.3. The highest BCUT2D eigenvalue weighted by atomic mass is 32.1. The largest absolute Gasteiger partial charge is 0.490 e. The van der Waals surface area contributed by atoms with Gasteiger partial charge in [-0.15, -0.1) is 0 Å². The molecule has 0 fully saturated rings. The molecule has 0 spiro atoms. The van der Waals surface area contributed by atoms with Crippen molar-refractivity contribution in [1.29, 1.82) is 0 Å². The van der Waals surface area contributed by atoms with E-state index in [0.29, 0.717) is 33.0 Å². The fraction of sp³-hybridized carbons (Fsp3) is 0.167. The summed E-state index contributed by atoms with van der Waals surface area (Å²) in [6, 6.07) is 23.6. The van der Waals surface area contributed by atoms with E-state index in [9.17, 15) is 14.4 Å². The van der Waals surface area contributed by atoms with Crippen LogP contribution in [0.5, 0.6) is 5.75 Å². The van der Waals surface area contributed by atoms with Gasteiger partial charge >= 0.3 is 5.97 Å². The number of carbonyl (C=O) groups excluding carboxylic acids is 2. The van der Waals surface area contributed by atoms with E-state index >= 15 is 0 Å². The third-order valence-electron chi connectivity index (χ3n) is 7.56. The highest BCUT2D eigenvalue weighted by molar-refractivity contribution is 7.07. The zero-order valence-electron chi connectivity index (χ0n) is 25.4. The summed E-state index contributed by atoms with van der Waals surface area (Å²) in [4.78, 5) is 45.5. The first kappa shape index (κ1) is 30.5. The topological polar surface area (TPSA) is 104 Å². The summed E-state index contributed by atoms with van der Waals surface area (Å²) < 4.78 is 14.9. The summed E-state index contributed by atoms with van der Waals surface area (Å²) in [6.45, 7) is 7.82. The van der Waals surface area contributed by atoms with Gasteiger partial charge in [0.1, 0.15) is 18.9 Å². The maximum absolute atomic E-state index is 14.2. The van der Waals surface area contributed by atoms with Crippen LogP contribution in [0.3, 0.4) is 0 Å². The van der Waals surface area contributed by atoms with Gasteiger partial charge < -0.3 is 19.4 Å². The Labute approximate surface area is 269 Å². The van der Waals surface area contributed by atoms with Crippen LogP contribution in [-0.2, 0) is 20.9 Å². The average molecular weight is 633 g/mol. The molecule has 0 bridgehead atoms. The number of benzene rings is 3. The van der Waals surface area contributed by atoms with Gasteiger partial charge in [0.25, 0.3) is 5.56 Å². The van der Waals surface area contributed by atoms with Gasteiger partial charge in [-0.2, -0.15) is 0 Å². The molecule has 1 aliphatic rings. The monoisotopic (exact) mass is 632 g/mol. The zero-order chi connectivity index (χ0) is 32.2. The van der Waals surface area contributed by atoms with Gasteiger partial charge in [-0.05, 0) is 55.8 Å². The summed E-state index contributed by atoms with van der Waals surface area (Å²) in [6.07, 6.45) is 5.36. The van der Waals surface area contributed by atoms with Crippen molar-refractivity contribution in [2.24, 2.45) is 4.99 Å². The lowest BCUT2D eigenvalue weighted by Gasteiger charge is -2.24. The Balaban J connectivity index is 1.43. The van der Waals surface area contributed by atoms with Crippen LogP contribution < -0.4 is 24.9 Å². The molecule has 9 nitrogen and oxygen atoms in total. The number of nitrogens with zero attached hydrogens (tertiary/aromatic N) is 3. The van der Waals surface area contributed by atoms with Gasteiger partial charge in [-0.3, -0.25) is 14.2 Å². The van der Waals surface area contributed by atoms with Crippen LogP contribution in [0, 0.1) is 0 Å². The van der Waals surface area contributed by atoms with Gasteiger partial charge in [-0.25, -0.2) is 9.79 Å². The molecule has 2 aromatic heterocycles. The van der Waals surface area contributed by atoms with Gasteiger partial charge in [-0.1, -0.05) is 72.5 Å². The minimum absolute atomic E-state index is 0.0963. The Hall–Kier alpha value is -5.48. The molecule has 1 aliphatic heterocycles. The van der Waals surface area contributed by atoms with Gasteiger partial charge in [0, 0.05) is 28.4 Å². The molecule has 1 atom stereocenters. The third kappa shape index (κ3) is 6.07. The van der Waals surface area contributed by atoms with Crippen LogP contribution in [0.1, 0.15) is 31.0 Å². The quantitative estimate of drug-likeness (QED) is 0.173. The number of carbonyl (C=O) groups is 2. The van der Waals surface area contributed by atoms with Gasteiger partial charge in [0.2, 0.25) is 5.91 Å². The van der Waals surface area contributed by atoms with E-state index in [2.05, 4.69) is 16.9 Å². The lowest BCUT2D eigenvalue weighted by atomic mass is 9.96. The predicted molar refractivity (Wildman–Crippen MR) is 180 cm³/mol. The summed E-state index contributed by atoms with van der Waals surface area (Å²) in [5.41, 5.74) is 3.60. The molecule has 46 heavy (non-hydrogen) atoms. The average Bonchev–Trinajstić information content (AvgIpc) is 3.56. The smallest absolute Gasteiger partial charge is 0.338 e. The molecular formula is C36H32N4O5S. The van der Waals surface area contributed by atoms with Crippen LogP contribution in [0.2, 0.25) is 0 Å². The Kier molecular flexibility index (Phi) is 8.80. The number of amides is 1. The number of rotatable bonds is 10. The number of fused-ring (bicyclic) bond motifs is 2. The number of hydrogen-bond donors (Lipinski definition) is 1. The van der Waals surface area contributed by atoms with Crippen LogP contribution in [0.15, 0.2) is 119 Å². The second-order valence-electron chi connectivity index (χ2n) is 10.6. The van der Waals surface area contributed by atoms with Crippen molar-refractivity contribution in [3.63, 3.8) is 0 Å². The first-order chi connectivity index (χ1) is 22.4. The van der Waals surface area contributed by atoms with Gasteiger partial charge in [0.15, 0.2) is 4.80 Å². The van der Waals surface area contributed by atoms with E-state index in [1.807, 2.05) is 83.6 Å². The molecule has 0 unspecified atom stereocenters. The standard InChI is InChI=1S/C36H32N4O5S/c1-4-19-45-27-17-15-24(16-18-27)33-32(35(43)44-5-2)23(3)37-36-40(33)34(42)30(46-36)20-25-21-39(29-14-10-9-13-28(25)29)22-31(41)38-26-11-7-6-8-12-26/h4,6-18,20-21,33H,1,5,19,22H2,2-3H3,(H,38,41)/b30-20-/t33-/m0/s1. The number of hydrogen-bond acceptors (Lipinski definition) is 7. The van der Waals surface area contributed by atoms with Crippen molar-refractivity contribution in [1.82, 2.24) is 9.13 Å². The number of ether oxygens (including phenoxy) is 2. The molecule has 3 heterocycles. The normalized spacial score (nSPS) is 14.5. The summed E-state index contributed by atoms with van der Waals surface area (Å²) in [7, 11) is 0. The van der Waals surface area contributed by atoms with Crippen molar-refractivity contribution in [3.8, 4) is 5.75 Å². The number of nitrogens with one attached hydrogen (secondary N) is 1. The first-order valence-electron chi connectivity index (χ1n) is 14.8. The van der Waals surface area contributed by atoms with Crippen molar-refractivity contribution < 1.29 is 19.1 Å². The van der Waals surface area contributed by atoms with Crippen LogP contribution >= 0.6 is 11.3 Å². The van der Waals surface area contributed by atoms with Crippen molar-refractivity contribution in [2.45, 2.75) is 26.4 Å². The Bertz CT molecular complexity index is 2160. The number of para-hydroxylation sites is 2. The Morgan fingerprint density at radius 3 is 2.52 bits per heavy atom. The predicted octanol–water partition coefficient (Wildman–Crippen LogP) is 4.96. The fourth-order valence-electron chi connectivity index (χ4n) is 5.55. The number of thiazole rings is 1. The zero-order valence-corrected chi connectivity index (χ0v) is 26.3. The molecule has 0 saturated heterocycles. The molecule has 5 aromatic rings. The van der Waals surface area contributed by atoms with Crippen LogP contribution in [-0.4, -0.2) is 34.2 Å². The maximum atomic E-state index is 14.2. The molecule has 10 heteroatoms. The minimum atomic E-state index is -0.742. The van der Waals surface area contributed by atoms with E-state index in [1.54, 1.807) is 36.6 Å².